The second-order valence-corrected chi connectivity index (χ2v) is 5.11. The van der Waals surface area contributed by atoms with Crippen LogP contribution in [-0.4, -0.2) is 25.7 Å². The minimum atomic E-state index is 0.271. The number of tetrazole rings is 1. The van der Waals surface area contributed by atoms with Crippen molar-refractivity contribution in [3.63, 3.8) is 0 Å². The zero-order valence-corrected chi connectivity index (χ0v) is 10.5. The van der Waals surface area contributed by atoms with Gasteiger partial charge in [-0.15, -0.1) is 5.10 Å². The summed E-state index contributed by atoms with van der Waals surface area (Å²) in [5.74, 6) is 0.856. The number of para-hydroxylation sites is 1. The molecule has 1 fully saturated rings. The summed E-state index contributed by atoms with van der Waals surface area (Å²) in [6.07, 6.45) is 3.78. The first-order valence-electron chi connectivity index (χ1n) is 6.35. The summed E-state index contributed by atoms with van der Waals surface area (Å²) >= 11 is 0. The Labute approximate surface area is 106 Å². The summed E-state index contributed by atoms with van der Waals surface area (Å²) < 4.78 is 1.79. The molecule has 0 atom stereocenters. The summed E-state index contributed by atoms with van der Waals surface area (Å²) in [6, 6.07) is 9.97. The monoisotopic (exact) mass is 243 g/mol. The molecule has 2 aromatic rings. The van der Waals surface area contributed by atoms with Crippen molar-refractivity contribution in [2.24, 2.45) is 0 Å². The van der Waals surface area contributed by atoms with Gasteiger partial charge in [0, 0.05) is 5.54 Å². The molecule has 1 aromatic carbocycles. The van der Waals surface area contributed by atoms with E-state index in [4.69, 9.17) is 0 Å². The van der Waals surface area contributed by atoms with Gasteiger partial charge in [0.1, 0.15) is 0 Å². The fourth-order valence-electron chi connectivity index (χ4n) is 2.26. The van der Waals surface area contributed by atoms with Crippen LogP contribution in [0.4, 0.5) is 0 Å². The molecule has 94 valence electrons. The van der Waals surface area contributed by atoms with Crippen LogP contribution in [0.3, 0.4) is 0 Å². The normalized spacial score (nSPS) is 17.4. The largest absolute Gasteiger partial charge is 0.304 e. The molecule has 18 heavy (non-hydrogen) atoms. The number of benzene rings is 1. The average molecular weight is 243 g/mol. The summed E-state index contributed by atoms with van der Waals surface area (Å²) in [7, 11) is 0. The first kappa shape index (κ1) is 11.3. The Morgan fingerprint density at radius 2 is 2.06 bits per heavy atom. The summed E-state index contributed by atoms with van der Waals surface area (Å²) in [4.78, 5) is 0. The van der Waals surface area contributed by atoms with Gasteiger partial charge < -0.3 is 5.32 Å². The highest BCUT2D eigenvalue weighted by Gasteiger charge is 2.31. The molecule has 0 unspecified atom stereocenters. The average Bonchev–Trinajstić information content (AvgIpc) is 2.83. The lowest BCUT2D eigenvalue weighted by atomic mass is 9.78. The number of nitrogens with zero attached hydrogens (tertiary/aromatic N) is 4. The van der Waals surface area contributed by atoms with E-state index in [1.54, 1.807) is 4.68 Å². The molecule has 0 radical (unpaired) electrons. The van der Waals surface area contributed by atoms with Crippen molar-refractivity contribution in [3.8, 4) is 5.69 Å². The van der Waals surface area contributed by atoms with Crippen LogP contribution in [0, 0.1) is 0 Å². The highest BCUT2D eigenvalue weighted by atomic mass is 15.5. The number of hydrogen-bond acceptors (Lipinski definition) is 4. The van der Waals surface area contributed by atoms with Gasteiger partial charge >= 0.3 is 0 Å². The standard InChI is InChI=1S/C13H17N5/c1-13(8-5-9-13)14-10-12-15-16-17-18(12)11-6-3-2-4-7-11/h2-4,6-7,14H,5,8-10H2,1H3. The number of rotatable bonds is 4. The summed E-state index contributed by atoms with van der Waals surface area (Å²) in [5.41, 5.74) is 1.27. The minimum absolute atomic E-state index is 0.271. The van der Waals surface area contributed by atoms with E-state index in [9.17, 15) is 0 Å². The van der Waals surface area contributed by atoms with Gasteiger partial charge in [-0.1, -0.05) is 18.2 Å². The lowest BCUT2D eigenvalue weighted by molar-refractivity contribution is 0.204. The highest BCUT2D eigenvalue weighted by molar-refractivity contribution is 5.30. The third-order valence-corrected chi connectivity index (χ3v) is 3.67. The molecule has 1 aliphatic rings. The smallest absolute Gasteiger partial charge is 0.170 e. The molecule has 1 aliphatic carbocycles. The molecule has 5 heteroatoms. The van der Waals surface area contributed by atoms with E-state index >= 15 is 0 Å². The molecule has 5 nitrogen and oxygen atoms in total. The van der Waals surface area contributed by atoms with E-state index in [0.29, 0.717) is 6.54 Å². The van der Waals surface area contributed by atoms with Crippen molar-refractivity contribution in [3.05, 3.63) is 36.2 Å². The Hall–Kier alpha value is -1.75. The molecule has 0 amide bonds. The first-order valence-corrected chi connectivity index (χ1v) is 6.35. The van der Waals surface area contributed by atoms with Crippen LogP contribution in [0.2, 0.25) is 0 Å². The fourth-order valence-corrected chi connectivity index (χ4v) is 2.26. The van der Waals surface area contributed by atoms with Crippen molar-refractivity contribution < 1.29 is 0 Å². The predicted octanol–water partition coefficient (Wildman–Crippen LogP) is 1.69. The van der Waals surface area contributed by atoms with Gasteiger partial charge in [-0.3, -0.25) is 0 Å². The first-order chi connectivity index (χ1) is 8.77. The van der Waals surface area contributed by atoms with Crippen LogP contribution < -0.4 is 5.32 Å². The van der Waals surface area contributed by atoms with Gasteiger partial charge in [0.25, 0.3) is 0 Å². The summed E-state index contributed by atoms with van der Waals surface area (Å²) in [5, 5.41) is 15.5. The Morgan fingerprint density at radius 1 is 1.28 bits per heavy atom. The maximum atomic E-state index is 4.09. The van der Waals surface area contributed by atoms with Crippen LogP contribution in [0.1, 0.15) is 32.0 Å². The number of nitrogens with one attached hydrogen (secondary N) is 1. The quantitative estimate of drug-likeness (QED) is 0.888. The third-order valence-electron chi connectivity index (χ3n) is 3.67. The van der Waals surface area contributed by atoms with E-state index in [-0.39, 0.29) is 5.54 Å². The predicted molar refractivity (Wildman–Crippen MR) is 68.2 cm³/mol. The van der Waals surface area contributed by atoms with Crippen LogP contribution in [0.25, 0.3) is 5.69 Å². The molecule has 0 aliphatic heterocycles. The second-order valence-electron chi connectivity index (χ2n) is 5.11. The number of hydrogen-bond donors (Lipinski definition) is 1. The second kappa shape index (κ2) is 4.49. The van der Waals surface area contributed by atoms with Crippen molar-refractivity contribution in [2.75, 3.05) is 0 Å². The van der Waals surface area contributed by atoms with E-state index < -0.39 is 0 Å². The molecule has 3 rings (SSSR count). The summed E-state index contributed by atoms with van der Waals surface area (Å²) in [6.45, 7) is 2.96. The van der Waals surface area contributed by atoms with Gasteiger partial charge in [0.2, 0.25) is 0 Å². The molecule has 0 bridgehead atoms. The minimum Gasteiger partial charge on any atom is -0.304 e. The van der Waals surface area contributed by atoms with Gasteiger partial charge in [-0.2, -0.15) is 4.68 Å². The fraction of sp³-hybridized carbons (Fsp3) is 0.462. The molecular formula is C13H17N5. The van der Waals surface area contributed by atoms with Crippen LogP contribution in [0.5, 0.6) is 0 Å². The van der Waals surface area contributed by atoms with E-state index in [1.165, 1.54) is 19.3 Å². The maximum absolute atomic E-state index is 4.09. The Morgan fingerprint density at radius 3 is 2.72 bits per heavy atom. The molecule has 0 saturated heterocycles. The van der Waals surface area contributed by atoms with Gasteiger partial charge in [0.15, 0.2) is 5.82 Å². The lowest BCUT2D eigenvalue weighted by Crippen LogP contribution is -2.47. The van der Waals surface area contributed by atoms with Crippen LogP contribution in [-0.2, 0) is 6.54 Å². The zero-order chi connectivity index (χ0) is 12.4. The maximum Gasteiger partial charge on any atom is 0.170 e. The van der Waals surface area contributed by atoms with Crippen molar-refractivity contribution in [1.29, 1.82) is 0 Å². The SMILES string of the molecule is CC1(NCc2nnnn2-c2ccccc2)CCC1. The number of aromatic nitrogens is 4. The van der Waals surface area contributed by atoms with E-state index in [0.717, 1.165) is 11.5 Å². The Balaban J connectivity index is 1.75. The zero-order valence-electron chi connectivity index (χ0n) is 10.5. The van der Waals surface area contributed by atoms with Crippen LogP contribution >= 0.6 is 0 Å². The van der Waals surface area contributed by atoms with E-state index in [1.807, 2.05) is 30.3 Å². The molecule has 1 aromatic heterocycles. The molecule has 0 spiro atoms. The van der Waals surface area contributed by atoms with Crippen molar-refractivity contribution in [2.45, 2.75) is 38.3 Å². The third kappa shape index (κ3) is 2.13. The Kier molecular flexibility index (Phi) is 2.83. The molecule has 1 heterocycles. The van der Waals surface area contributed by atoms with Gasteiger partial charge in [-0.25, -0.2) is 0 Å². The molecule has 1 N–H and O–H groups in total. The van der Waals surface area contributed by atoms with E-state index in [2.05, 4.69) is 27.8 Å². The van der Waals surface area contributed by atoms with Crippen LogP contribution in [0.15, 0.2) is 30.3 Å². The molecular weight excluding hydrogens is 226 g/mol. The lowest BCUT2D eigenvalue weighted by Gasteiger charge is -2.39. The van der Waals surface area contributed by atoms with Crippen molar-refractivity contribution in [1.82, 2.24) is 25.5 Å². The van der Waals surface area contributed by atoms with Crippen molar-refractivity contribution >= 4 is 0 Å². The molecule has 1 saturated carbocycles. The van der Waals surface area contributed by atoms with Gasteiger partial charge in [0.05, 0.1) is 12.2 Å². The highest BCUT2D eigenvalue weighted by Crippen LogP contribution is 2.31. The Bertz CT molecular complexity index is 515. The topological polar surface area (TPSA) is 55.6 Å². The van der Waals surface area contributed by atoms with Gasteiger partial charge in [-0.05, 0) is 48.7 Å².